The van der Waals surface area contributed by atoms with Crippen molar-refractivity contribution in [3.63, 3.8) is 0 Å². The third-order valence-electron chi connectivity index (χ3n) is 5.22. The van der Waals surface area contributed by atoms with Crippen molar-refractivity contribution in [2.75, 3.05) is 37.3 Å². The minimum Gasteiger partial charge on any atom is -0.369 e. The van der Waals surface area contributed by atoms with Gasteiger partial charge in [0.1, 0.15) is 0 Å². The van der Waals surface area contributed by atoms with Gasteiger partial charge in [0.05, 0.1) is 24.2 Å². The summed E-state index contributed by atoms with van der Waals surface area (Å²) < 4.78 is 25.1. The van der Waals surface area contributed by atoms with Gasteiger partial charge in [-0.3, -0.25) is 14.6 Å². The van der Waals surface area contributed by atoms with Crippen LogP contribution in [0.2, 0.25) is 0 Å². The fourth-order valence-corrected chi connectivity index (χ4v) is 4.59. The molecule has 1 saturated heterocycles. The van der Waals surface area contributed by atoms with Crippen molar-refractivity contribution in [2.24, 2.45) is 0 Å². The maximum Gasteiger partial charge on any atom is 0.151 e. The molecular weight excluding hydrogens is 398 g/mol. The summed E-state index contributed by atoms with van der Waals surface area (Å²) in [4.78, 5) is 9.11. The number of pyridine rings is 1. The first kappa shape index (κ1) is 20.6. The monoisotopic (exact) mass is 425 g/mol. The Morgan fingerprint density at radius 2 is 1.80 bits per heavy atom. The number of nitrogens with zero attached hydrogens (tertiary/aromatic N) is 5. The van der Waals surface area contributed by atoms with E-state index < -0.39 is 9.84 Å². The van der Waals surface area contributed by atoms with Gasteiger partial charge in [0.25, 0.3) is 0 Å². The van der Waals surface area contributed by atoms with Crippen molar-refractivity contribution in [3.8, 4) is 0 Å². The number of rotatable bonds is 7. The highest BCUT2D eigenvalue weighted by Crippen LogP contribution is 2.20. The number of sulfone groups is 1. The first-order valence-corrected chi connectivity index (χ1v) is 12.2. The SMILES string of the molecule is CS(=O)(=O)Cc1cccc(N2CCN(Cc3cnn(Cc4ccccn4)c3)CC2)c1. The van der Waals surface area contributed by atoms with Crippen LogP contribution in [-0.4, -0.2) is 60.5 Å². The highest BCUT2D eigenvalue weighted by atomic mass is 32.2. The first-order chi connectivity index (χ1) is 14.4. The number of anilines is 1. The van der Waals surface area contributed by atoms with E-state index in [4.69, 9.17) is 0 Å². The lowest BCUT2D eigenvalue weighted by molar-refractivity contribution is 0.250. The van der Waals surface area contributed by atoms with Gasteiger partial charge >= 0.3 is 0 Å². The molecule has 0 aliphatic carbocycles. The van der Waals surface area contributed by atoms with Crippen LogP contribution in [0, 0.1) is 0 Å². The highest BCUT2D eigenvalue weighted by molar-refractivity contribution is 7.89. The summed E-state index contributed by atoms with van der Waals surface area (Å²) in [6, 6.07) is 13.8. The van der Waals surface area contributed by atoms with E-state index in [9.17, 15) is 8.42 Å². The average molecular weight is 426 g/mol. The zero-order chi connectivity index (χ0) is 21.0. The van der Waals surface area contributed by atoms with Gasteiger partial charge in [-0.15, -0.1) is 0 Å². The van der Waals surface area contributed by atoms with Crippen molar-refractivity contribution >= 4 is 15.5 Å². The summed E-state index contributed by atoms with van der Waals surface area (Å²) in [5.74, 6) is 0.0866. The summed E-state index contributed by atoms with van der Waals surface area (Å²) >= 11 is 0. The van der Waals surface area contributed by atoms with E-state index in [1.807, 2.05) is 47.3 Å². The Labute approximate surface area is 177 Å². The van der Waals surface area contributed by atoms with Crippen molar-refractivity contribution in [3.05, 3.63) is 77.9 Å². The molecule has 8 heteroatoms. The van der Waals surface area contributed by atoms with E-state index >= 15 is 0 Å². The lowest BCUT2D eigenvalue weighted by Gasteiger charge is -2.36. The summed E-state index contributed by atoms with van der Waals surface area (Å²) in [5, 5.41) is 4.47. The normalized spacial score (nSPS) is 15.4. The van der Waals surface area contributed by atoms with Crippen LogP contribution in [0.3, 0.4) is 0 Å². The summed E-state index contributed by atoms with van der Waals surface area (Å²) in [7, 11) is -3.02. The number of benzene rings is 1. The van der Waals surface area contributed by atoms with Crippen molar-refractivity contribution < 1.29 is 8.42 Å². The number of hydrogen-bond donors (Lipinski definition) is 0. The quantitative estimate of drug-likeness (QED) is 0.578. The largest absolute Gasteiger partial charge is 0.369 e. The predicted molar refractivity (Wildman–Crippen MR) is 118 cm³/mol. The van der Waals surface area contributed by atoms with Crippen LogP contribution >= 0.6 is 0 Å². The molecule has 1 aromatic carbocycles. The second-order valence-electron chi connectivity index (χ2n) is 7.87. The molecule has 1 aliphatic heterocycles. The minimum absolute atomic E-state index is 0.0866. The Bertz CT molecular complexity index is 1070. The summed E-state index contributed by atoms with van der Waals surface area (Å²) in [5.41, 5.74) is 4.14. The van der Waals surface area contributed by atoms with Crippen LogP contribution in [0.1, 0.15) is 16.8 Å². The van der Waals surface area contributed by atoms with E-state index in [1.54, 1.807) is 6.20 Å². The third-order valence-corrected chi connectivity index (χ3v) is 6.08. The molecule has 0 spiro atoms. The van der Waals surface area contributed by atoms with E-state index in [0.717, 1.165) is 49.7 Å². The van der Waals surface area contributed by atoms with Gasteiger partial charge in [-0.2, -0.15) is 5.10 Å². The van der Waals surface area contributed by atoms with Gasteiger partial charge in [0.2, 0.25) is 0 Å². The Balaban J connectivity index is 1.31. The lowest BCUT2D eigenvalue weighted by Crippen LogP contribution is -2.45. The van der Waals surface area contributed by atoms with Crippen molar-refractivity contribution in [1.82, 2.24) is 19.7 Å². The Kier molecular flexibility index (Phi) is 6.15. The van der Waals surface area contributed by atoms with Crippen LogP contribution in [0.4, 0.5) is 5.69 Å². The maximum atomic E-state index is 11.6. The van der Waals surface area contributed by atoms with E-state index in [2.05, 4.69) is 32.1 Å². The smallest absolute Gasteiger partial charge is 0.151 e. The molecule has 1 fully saturated rings. The molecule has 0 radical (unpaired) electrons. The molecule has 158 valence electrons. The van der Waals surface area contributed by atoms with E-state index in [0.29, 0.717) is 6.54 Å². The Hall–Kier alpha value is -2.71. The van der Waals surface area contributed by atoms with Gasteiger partial charge in [0, 0.05) is 62.6 Å². The molecule has 0 unspecified atom stereocenters. The topological polar surface area (TPSA) is 71.3 Å². The van der Waals surface area contributed by atoms with Crippen LogP contribution in [0.15, 0.2) is 61.1 Å². The molecule has 4 rings (SSSR count). The van der Waals surface area contributed by atoms with Crippen LogP contribution in [-0.2, 0) is 28.7 Å². The molecule has 2 aromatic heterocycles. The van der Waals surface area contributed by atoms with E-state index in [1.165, 1.54) is 11.8 Å². The minimum atomic E-state index is -3.02. The second-order valence-corrected chi connectivity index (χ2v) is 10.0. The van der Waals surface area contributed by atoms with Gasteiger partial charge in [0.15, 0.2) is 9.84 Å². The standard InChI is InChI=1S/C22H27N5O2S/c1-30(28,29)18-19-5-4-7-22(13-19)26-11-9-25(10-12-26)15-20-14-24-27(16-20)17-21-6-2-3-8-23-21/h2-8,13-14,16H,9-12,15,17-18H2,1H3. The molecule has 0 atom stereocenters. The molecule has 0 N–H and O–H groups in total. The third kappa shape index (κ3) is 5.67. The molecule has 0 bridgehead atoms. The van der Waals surface area contributed by atoms with Crippen LogP contribution < -0.4 is 4.90 Å². The number of hydrogen-bond acceptors (Lipinski definition) is 6. The zero-order valence-corrected chi connectivity index (χ0v) is 18.0. The van der Waals surface area contributed by atoms with Gasteiger partial charge < -0.3 is 4.90 Å². The molecule has 3 aromatic rings. The Morgan fingerprint density at radius 1 is 0.967 bits per heavy atom. The molecule has 30 heavy (non-hydrogen) atoms. The summed E-state index contributed by atoms with van der Waals surface area (Å²) in [6.45, 7) is 5.32. The maximum absolute atomic E-state index is 11.6. The fourth-order valence-electron chi connectivity index (χ4n) is 3.80. The molecule has 1 aliphatic rings. The molecule has 3 heterocycles. The molecule has 7 nitrogen and oxygen atoms in total. The number of piperazine rings is 1. The van der Waals surface area contributed by atoms with Crippen molar-refractivity contribution in [1.29, 1.82) is 0 Å². The highest BCUT2D eigenvalue weighted by Gasteiger charge is 2.18. The Morgan fingerprint density at radius 3 is 2.53 bits per heavy atom. The van der Waals surface area contributed by atoms with Gasteiger partial charge in [-0.05, 0) is 29.8 Å². The summed E-state index contributed by atoms with van der Waals surface area (Å²) in [6.07, 6.45) is 7.10. The number of aromatic nitrogens is 3. The predicted octanol–water partition coefficient (Wildman–Crippen LogP) is 2.19. The lowest BCUT2D eigenvalue weighted by atomic mass is 10.2. The van der Waals surface area contributed by atoms with Crippen LogP contribution in [0.5, 0.6) is 0 Å². The molecule has 0 amide bonds. The molecule has 0 saturated carbocycles. The van der Waals surface area contributed by atoms with E-state index in [-0.39, 0.29) is 5.75 Å². The second kappa shape index (κ2) is 8.97. The zero-order valence-electron chi connectivity index (χ0n) is 17.2. The van der Waals surface area contributed by atoms with Gasteiger partial charge in [-0.1, -0.05) is 18.2 Å². The average Bonchev–Trinajstić information content (AvgIpc) is 3.15. The molecular formula is C22H27N5O2S. The first-order valence-electron chi connectivity index (χ1n) is 10.1. The van der Waals surface area contributed by atoms with Crippen molar-refractivity contribution in [2.45, 2.75) is 18.8 Å². The van der Waals surface area contributed by atoms with Gasteiger partial charge in [-0.25, -0.2) is 8.42 Å². The van der Waals surface area contributed by atoms with Crippen LogP contribution in [0.25, 0.3) is 0 Å². The fraction of sp³-hybridized carbons (Fsp3) is 0.364.